The topological polar surface area (TPSA) is 69.6 Å². The van der Waals surface area contributed by atoms with Crippen LogP contribution in [0.15, 0.2) is 30.3 Å². The van der Waals surface area contributed by atoms with Crippen molar-refractivity contribution in [1.29, 1.82) is 0 Å². The van der Waals surface area contributed by atoms with Gasteiger partial charge in [-0.05, 0) is 24.3 Å². The molecule has 2 N–H and O–H groups in total. The molecule has 2 rings (SSSR count). The van der Waals surface area contributed by atoms with E-state index in [9.17, 15) is 13.5 Å². The Labute approximate surface area is 133 Å². The number of rotatable bonds is 6. The number of aliphatic hydroxyl groups excluding tert-OH is 1. The van der Waals surface area contributed by atoms with Gasteiger partial charge in [0.2, 0.25) is 0 Å². The van der Waals surface area contributed by atoms with E-state index in [1.165, 1.54) is 4.31 Å². The zero-order valence-electron chi connectivity index (χ0n) is 13.1. The molecule has 0 saturated carbocycles. The van der Waals surface area contributed by atoms with Crippen LogP contribution in [0.2, 0.25) is 0 Å². The molecule has 0 aliphatic carbocycles. The Hall–Kier alpha value is -0.950. The Morgan fingerprint density at radius 3 is 2.27 bits per heavy atom. The fourth-order valence-corrected chi connectivity index (χ4v) is 4.38. The van der Waals surface area contributed by atoms with E-state index in [0.29, 0.717) is 13.1 Å². The van der Waals surface area contributed by atoms with Crippen LogP contribution in [-0.2, 0) is 10.2 Å². The molecular formula is C16H26N2O3S. The van der Waals surface area contributed by atoms with E-state index in [1.54, 1.807) is 0 Å². The van der Waals surface area contributed by atoms with Crippen molar-refractivity contribution in [3.63, 3.8) is 0 Å². The normalized spacial score (nSPS) is 20.3. The van der Waals surface area contributed by atoms with Crippen molar-refractivity contribution in [2.75, 3.05) is 19.7 Å². The van der Waals surface area contributed by atoms with Crippen LogP contribution in [0.4, 0.5) is 0 Å². The summed E-state index contributed by atoms with van der Waals surface area (Å²) in [6.45, 7) is 2.84. The molecule has 0 amide bonds. The first kappa shape index (κ1) is 17.4. The molecule has 0 unspecified atom stereocenters. The summed E-state index contributed by atoms with van der Waals surface area (Å²) in [5, 5.41) is 9.63. The van der Waals surface area contributed by atoms with Gasteiger partial charge in [0.25, 0.3) is 10.2 Å². The van der Waals surface area contributed by atoms with Crippen LogP contribution in [0.3, 0.4) is 0 Å². The van der Waals surface area contributed by atoms with E-state index in [4.69, 9.17) is 0 Å². The molecule has 5 nitrogen and oxygen atoms in total. The lowest BCUT2D eigenvalue weighted by Crippen LogP contribution is -2.48. The maximum absolute atomic E-state index is 12.5. The number of aliphatic hydroxyl groups is 1. The van der Waals surface area contributed by atoms with Crippen molar-refractivity contribution in [2.45, 2.75) is 44.6 Å². The van der Waals surface area contributed by atoms with Gasteiger partial charge >= 0.3 is 0 Å². The quantitative estimate of drug-likeness (QED) is 0.838. The maximum Gasteiger partial charge on any atom is 0.279 e. The lowest BCUT2D eigenvalue weighted by atomic mass is 9.94. The molecule has 1 fully saturated rings. The highest BCUT2D eigenvalue weighted by Crippen LogP contribution is 2.20. The molecule has 0 bridgehead atoms. The molecule has 0 aromatic heterocycles. The van der Waals surface area contributed by atoms with E-state index in [1.807, 2.05) is 37.3 Å². The van der Waals surface area contributed by atoms with Crippen LogP contribution in [0.1, 0.15) is 44.1 Å². The van der Waals surface area contributed by atoms with Crippen LogP contribution in [0.25, 0.3) is 0 Å². The third-order valence-corrected chi connectivity index (χ3v) is 5.98. The number of hydrogen-bond donors (Lipinski definition) is 2. The summed E-state index contributed by atoms with van der Waals surface area (Å²) in [5.41, 5.74) is 1.01. The summed E-state index contributed by atoms with van der Waals surface area (Å²) in [5.74, 6) is -0.0899. The number of hydrogen-bond acceptors (Lipinski definition) is 3. The second-order valence-electron chi connectivity index (χ2n) is 5.92. The minimum Gasteiger partial charge on any atom is -0.395 e. The Bertz CT molecular complexity index is 540. The minimum atomic E-state index is -3.55. The Kier molecular flexibility index (Phi) is 6.37. The van der Waals surface area contributed by atoms with Gasteiger partial charge in [-0.3, -0.25) is 0 Å². The predicted octanol–water partition coefficient (Wildman–Crippen LogP) is 1.86. The smallest absolute Gasteiger partial charge is 0.279 e. The molecule has 1 aromatic carbocycles. The fraction of sp³-hybridized carbons (Fsp3) is 0.625. The molecule has 1 aliphatic rings. The van der Waals surface area contributed by atoms with Crippen molar-refractivity contribution in [3.05, 3.63) is 35.9 Å². The van der Waals surface area contributed by atoms with Gasteiger partial charge in [0.05, 0.1) is 12.6 Å². The predicted molar refractivity (Wildman–Crippen MR) is 87.8 cm³/mol. The molecule has 1 heterocycles. The lowest BCUT2D eigenvalue weighted by Gasteiger charge is -2.27. The van der Waals surface area contributed by atoms with Crippen molar-refractivity contribution in [1.82, 2.24) is 9.03 Å². The van der Waals surface area contributed by atoms with Gasteiger partial charge in [-0.25, -0.2) is 0 Å². The standard InChI is InChI=1S/C16H26N2O3S/c1-14(15-9-5-4-6-10-15)16(13-19)17-22(20,21)18-11-7-2-3-8-12-18/h4-6,9-10,14,16-17,19H,2-3,7-8,11-13H2,1H3/t14-,16+/m1/s1. The zero-order valence-corrected chi connectivity index (χ0v) is 13.9. The molecule has 6 heteroatoms. The minimum absolute atomic E-state index is 0.0899. The number of nitrogens with zero attached hydrogens (tertiary/aromatic N) is 1. The zero-order chi connectivity index (χ0) is 16.0. The summed E-state index contributed by atoms with van der Waals surface area (Å²) in [4.78, 5) is 0. The van der Waals surface area contributed by atoms with E-state index in [0.717, 1.165) is 31.2 Å². The molecular weight excluding hydrogens is 300 g/mol. The van der Waals surface area contributed by atoms with E-state index in [2.05, 4.69) is 4.72 Å². The molecule has 0 spiro atoms. The second-order valence-corrected chi connectivity index (χ2v) is 7.63. The summed E-state index contributed by atoms with van der Waals surface area (Å²) in [6, 6.07) is 9.15. The van der Waals surface area contributed by atoms with Crippen LogP contribution < -0.4 is 4.72 Å². The van der Waals surface area contributed by atoms with Gasteiger partial charge in [-0.15, -0.1) is 0 Å². The Morgan fingerprint density at radius 1 is 1.14 bits per heavy atom. The van der Waals surface area contributed by atoms with Gasteiger partial charge in [-0.1, -0.05) is 50.1 Å². The molecule has 22 heavy (non-hydrogen) atoms. The molecule has 0 radical (unpaired) electrons. The van der Waals surface area contributed by atoms with Crippen LogP contribution >= 0.6 is 0 Å². The first-order valence-corrected chi connectivity index (χ1v) is 9.42. The van der Waals surface area contributed by atoms with Crippen LogP contribution in [0, 0.1) is 0 Å². The van der Waals surface area contributed by atoms with Gasteiger partial charge in [-0.2, -0.15) is 17.4 Å². The first-order chi connectivity index (χ1) is 10.5. The summed E-state index contributed by atoms with van der Waals surface area (Å²) in [7, 11) is -3.55. The average molecular weight is 326 g/mol. The lowest BCUT2D eigenvalue weighted by molar-refractivity contribution is 0.239. The van der Waals surface area contributed by atoms with Crippen molar-refractivity contribution in [3.8, 4) is 0 Å². The monoisotopic (exact) mass is 326 g/mol. The SMILES string of the molecule is C[C@H](c1ccccc1)[C@H](CO)NS(=O)(=O)N1CCCCCC1. The van der Waals surface area contributed by atoms with Gasteiger partial charge in [0.1, 0.15) is 0 Å². The van der Waals surface area contributed by atoms with E-state index < -0.39 is 16.3 Å². The highest BCUT2D eigenvalue weighted by Gasteiger charge is 2.28. The highest BCUT2D eigenvalue weighted by atomic mass is 32.2. The second kappa shape index (κ2) is 8.06. The maximum atomic E-state index is 12.5. The number of benzene rings is 1. The van der Waals surface area contributed by atoms with Gasteiger partial charge < -0.3 is 5.11 Å². The van der Waals surface area contributed by atoms with E-state index in [-0.39, 0.29) is 12.5 Å². The Morgan fingerprint density at radius 2 is 1.73 bits per heavy atom. The molecule has 1 aliphatic heterocycles. The van der Waals surface area contributed by atoms with Crippen molar-refractivity contribution >= 4 is 10.2 Å². The largest absolute Gasteiger partial charge is 0.395 e. The number of nitrogens with one attached hydrogen (secondary N) is 1. The molecule has 124 valence electrons. The van der Waals surface area contributed by atoms with Crippen LogP contribution in [-0.4, -0.2) is 43.6 Å². The highest BCUT2D eigenvalue weighted by molar-refractivity contribution is 7.87. The summed E-state index contributed by atoms with van der Waals surface area (Å²) < 4.78 is 29.3. The van der Waals surface area contributed by atoms with Crippen LogP contribution in [0.5, 0.6) is 0 Å². The summed E-state index contributed by atoms with van der Waals surface area (Å²) >= 11 is 0. The fourth-order valence-electron chi connectivity index (χ4n) is 2.83. The third-order valence-electron chi connectivity index (χ3n) is 4.33. The van der Waals surface area contributed by atoms with Crippen molar-refractivity contribution < 1.29 is 13.5 Å². The van der Waals surface area contributed by atoms with Crippen molar-refractivity contribution in [2.24, 2.45) is 0 Å². The molecule has 2 atom stereocenters. The third kappa shape index (κ3) is 4.52. The summed E-state index contributed by atoms with van der Waals surface area (Å²) in [6.07, 6.45) is 3.96. The molecule has 1 aromatic rings. The molecule has 1 saturated heterocycles. The average Bonchev–Trinajstić information content (AvgIpc) is 2.82. The van der Waals surface area contributed by atoms with Gasteiger partial charge in [0.15, 0.2) is 0 Å². The Balaban J connectivity index is 2.08. The van der Waals surface area contributed by atoms with Gasteiger partial charge in [0, 0.05) is 13.1 Å². The first-order valence-electron chi connectivity index (χ1n) is 7.98. The van der Waals surface area contributed by atoms with E-state index >= 15 is 0 Å².